The van der Waals surface area contributed by atoms with Crippen LogP contribution in [0.15, 0.2) is 49.1 Å². The SMILES string of the molecule is Clc1ccc(Cn2cc(Nc3cncc(Cl)n3)cn2)cc1. The van der Waals surface area contributed by atoms with Gasteiger partial charge < -0.3 is 5.32 Å². The lowest BCUT2D eigenvalue weighted by Crippen LogP contribution is -1.99. The lowest BCUT2D eigenvalue weighted by molar-refractivity contribution is 0.687. The lowest BCUT2D eigenvalue weighted by atomic mass is 10.2. The minimum atomic E-state index is 0.341. The molecule has 0 saturated heterocycles. The van der Waals surface area contributed by atoms with E-state index in [4.69, 9.17) is 23.2 Å². The topological polar surface area (TPSA) is 55.6 Å². The van der Waals surface area contributed by atoms with Gasteiger partial charge in [-0.3, -0.25) is 9.67 Å². The Bertz CT molecular complexity index is 739. The minimum absolute atomic E-state index is 0.341. The summed E-state index contributed by atoms with van der Waals surface area (Å²) in [6.45, 7) is 0.667. The first-order valence-electron chi connectivity index (χ1n) is 6.20. The maximum Gasteiger partial charge on any atom is 0.150 e. The summed E-state index contributed by atoms with van der Waals surface area (Å²) in [6, 6.07) is 7.67. The summed E-state index contributed by atoms with van der Waals surface area (Å²) in [7, 11) is 0. The molecule has 1 N–H and O–H groups in total. The molecule has 3 aromatic rings. The molecule has 7 heteroatoms. The normalized spacial score (nSPS) is 10.6. The summed E-state index contributed by atoms with van der Waals surface area (Å²) in [5, 5.41) is 8.45. The van der Waals surface area contributed by atoms with Crippen molar-refractivity contribution < 1.29 is 0 Å². The van der Waals surface area contributed by atoms with E-state index in [0.717, 1.165) is 16.3 Å². The highest BCUT2D eigenvalue weighted by atomic mass is 35.5. The van der Waals surface area contributed by atoms with Crippen molar-refractivity contribution in [2.24, 2.45) is 0 Å². The van der Waals surface area contributed by atoms with Crippen LogP contribution in [0.3, 0.4) is 0 Å². The van der Waals surface area contributed by atoms with Crippen LogP contribution in [0.25, 0.3) is 0 Å². The molecule has 0 bridgehead atoms. The second-order valence-corrected chi connectivity index (χ2v) is 5.23. The number of anilines is 2. The Labute approximate surface area is 131 Å². The summed E-state index contributed by atoms with van der Waals surface area (Å²) in [6.07, 6.45) is 6.69. The van der Waals surface area contributed by atoms with Crippen molar-refractivity contribution in [2.45, 2.75) is 6.54 Å². The maximum absolute atomic E-state index is 5.87. The summed E-state index contributed by atoms with van der Waals surface area (Å²) in [4.78, 5) is 8.08. The predicted octanol–water partition coefficient (Wildman–Crippen LogP) is 3.77. The van der Waals surface area contributed by atoms with E-state index in [2.05, 4.69) is 20.4 Å². The van der Waals surface area contributed by atoms with Gasteiger partial charge >= 0.3 is 0 Å². The fourth-order valence-corrected chi connectivity index (χ4v) is 2.12. The summed E-state index contributed by atoms with van der Waals surface area (Å²) in [5.74, 6) is 0.577. The first-order chi connectivity index (χ1) is 10.2. The van der Waals surface area contributed by atoms with Gasteiger partial charge in [-0.15, -0.1) is 0 Å². The van der Waals surface area contributed by atoms with E-state index in [9.17, 15) is 0 Å². The molecule has 2 heterocycles. The van der Waals surface area contributed by atoms with Gasteiger partial charge in [-0.2, -0.15) is 5.10 Å². The Morgan fingerprint density at radius 1 is 1.05 bits per heavy atom. The molecule has 0 aliphatic carbocycles. The van der Waals surface area contributed by atoms with E-state index in [1.807, 2.05) is 35.1 Å². The number of hydrogen-bond donors (Lipinski definition) is 1. The highest BCUT2D eigenvalue weighted by molar-refractivity contribution is 6.30. The Morgan fingerprint density at radius 3 is 2.62 bits per heavy atom. The van der Waals surface area contributed by atoms with Crippen LogP contribution in [-0.2, 0) is 6.54 Å². The number of halogens is 2. The Morgan fingerprint density at radius 2 is 1.86 bits per heavy atom. The molecule has 106 valence electrons. The van der Waals surface area contributed by atoms with Gasteiger partial charge in [0.1, 0.15) is 5.15 Å². The van der Waals surface area contributed by atoms with Crippen LogP contribution >= 0.6 is 23.2 Å². The first kappa shape index (κ1) is 13.9. The number of benzene rings is 1. The van der Waals surface area contributed by atoms with Gasteiger partial charge in [0.2, 0.25) is 0 Å². The monoisotopic (exact) mass is 319 g/mol. The third kappa shape index (κ3) is 3.71. The maximum atomic E-state index is 5.87. The zero-order valence-corrected chi connectivity index (χ0v) is 12.4. The molecule has 0 atom stereocenters. The van der Waals surface area contributed by atoms with E-state index in [0.29, 0.717) is 17.5 Å². The molecule has 21 heavy (non-hydrogen) atoms. The van der Waals surface area contributed by atoms with Crippen molar-refractivity contribution in [1.82, 2.24) is 19.7 Å². The van der Waals surface area contributed by atoms with Crippen LogP contribution in [0.2, 0.25) is 10.2 Å². The van der Waals surface area contributed by atoms with Gasteiger partial charge in [0.25, 0.3) is 0 Å². The summed E-state index contributed by atoms with van der Waals surface area (Å²) in [5.41, 5.74) is 1.94. The number of nitrogens with zero attached hydrogens (tertiary/aromatic N) is 4. The molecular weight excluding hydrogens is 309 g/mol. The largest absolute Gasteiger partial charge is 0.336 e. The Balaban J connectivity index is 1.70. The van der Waals surface area contributed by atoms with Crippen molar-refractivity contribution >= 4 is 34.7 Å². The molecule has 0 fully saturated rings. The number of aromatic nitrogens is 4. The molecule has 5 nitrogen and oxygen atoms in total. The van der Waals surface area contributed by atoms with Crippen molar-refractivity contribution in [3.8, 4) is 0 Å². The average molecular weight is 320 g/mol. The van der Waals surface area contributed by atoms with E-state index in [-0.39, 0.29) is 0 Å². The molecule has 3 rings (SSSR count). The van der Waals surface area contributed by atoms with Crippen LogP contribution in [0, 0.1) is 0 Å². The average Bonchev–Trinajstić information content (AvgIpc) is 2.89. The number of nitrogens with one attached hydrogen (secondary N) is 1. The highest BCUT2D eigenvalue weighted by Gasteiger charge is 2.02. The Kier molecular flexibility index (Phi) is 4.03. The second-order valence-electron chi connectivity index (χ2n) is 4.41. The fourth-order valence-electron chi connectivity index (χ4n) is 1.84. The van der Waals surface area contributed by atoms with Crippen molar-refractivity contribution in [1.29, 1.82) is 0 Å². The van der Waals surface area contributed by atoms with E-state index in [1.165, 1.54) is 6.20 Å². The van der Waals surface area contributed by atoms with Gasteiger partial charge in [-0.1, -0.05) is 35.3 Å². The molecule has 0 aliphatic heterocycles. The molecule has 0 radical (unpaired) electrons. The molecular formula is C14H11Cl2N5. The van der Waals surface area contributed by atoms with Crippen molar-refractivity contribution in [3.63, 3.8) is 0 Å². The van der Waals surface area contributed by atoms with Crippen LogP contribution in [-0.4, -0.2) is 19.7 Å². The third-order valence-electron chi connectivity index (χ3n) is 2.77. The molecule has 1 aromatic carbocycles. The van der Waals surface area contributed by atoms with Crippen LogP contribution in [0.5, 0.6) is 0 Å². The quantitative estimate of drug-likeness (QED) is 0.795. The van der Waals surface area contributed by atoms with Crippen molar-refractivity contribution in [2.75, 3.05) is 5.32 Å². The molecule has 0 unspecified atom stereocenters. The molecule has 0 saturated carbocycles. The van der Waals surface area contributed by atoms with Gasteiger partial charge in [0, 0.05) is 11.2 Å². The number of rotatable bonds is 4. The first-order valence-corrected chi connectivity index (χ1v) is 6.96. The van der Waals surface area contributed by atoms with Crippen LogP contribution < -0.4 is 5.32 Å². The third-order valence-corrected chi connectivity index (χ3v) is 3.20. The van der Waals surface area contributed by atoms with E-state index >= 15 is 0 Å². The predicted molar refractivity (Wildman–Crippen MR) is 83.1 cm³/mol. The molecule has 0 spiro atoms. The smallest absolute Gasteiger partial charge is 0.150 e. The number of hydrogen-bond acceptors (Lipinski definition) is 4. The van der Waals surface area contributed by atoms with Gasteiger partial charge in [0.15, 0.2) is 5.82 Å². The van der Waals surface area contributed by atoms with Gasteiger partial charge in [0.05, 0.1) is 30.8 Å². The minimum Gasteiger partial charge on any atom is -0.336 e. The Hall–Kier alpha value is -2.11. The zero-order valence-electron chi connectivity index (χ0n) is 10.9. The van der Waals surface area contributed by atoms with Crippen LogP contribution in [0.1, 0.15) is 5.56 Å². The van der Waals surface area contributed by atoms with E-state index in [1.54, 1.807) is 12.4 Å². The lowest BCUT2D eigenvalue weighted by Gasteiger charge is -2.03. The van der Waals surface area contributed by atoms with E-state index < -0.39 is 0 Å². The molecule has 0 aliphatic rings. The fraction of sp³-hybridized carbons (Fsp3) is 0.0714. The zero-order chi connectivity index (χ0) is 14.7. The highest BCUT2D eigenvalue weighted by Crippen LogP contribution is 2.15. The van der Waals surface area contributed by atoms with Gasteiger partial charge in [-0.25, -0.2) is 4.98 Å². The van der Waals surface area contributed by atoms with Crippen LogP contribution in [0.4, 0.5) is 11.5 Å². The summed E-state index contributed by atoms with van der Waals surface area (Å²) >= 11 is 11.7. The molecule has 0 amide bonds. The summed E-state index contributed by atoms with van der Waals surface area (Å²) < 4.78 is 1.82. The van der Waals surface area contributed by atoms with Gasteiger partial charge in [-0.05, 0) is 17.7 Å². The molecule has 2 aromatic heterocycles. The second kappa shape index (κ2) is 6.11. The van der Waals surface area contributed by atoms with Crippen molar-refractivity contribution in [3.05, 3.63) is 64.8 Å². The standard InChI is InChI=1S/C14H11Cl2N5/c15-11-3-1-10(2-4-11)8-21-9-12(5-18-21)19-14-7-17-6-13(16)20-14/h1-7,9H,8H2,(H,19,20).